The van der Waals surface area contributed by atoms with Gasteiger partial charge in [-0.2, -0.15) is 0 Å². The molecule has 1 aromatic heterocycles. The van der Waals surface area contributed by atoms with Crippen LogP contribution < -0.4 is 24.6 Å². The van der Waals surface area contributed by atoms with E-state index in [1.165, 1.54) is 34.5 Å². The van der Waals surface area contributed by atoms with Gasteiger partial charge in [0, 0.05) is 12.1 Å². The summed E-state index contributed by atoms with van der Waals surface area (Å²) in [4.78, 5) is 16.9. The minimum absolute atomic E-state index is 0.0963. The maximum atomic E-state index is 12.5. The summed E-state index contributed by atoms with van der Waals surface area (Å²) in [7, 11) is 6.04. The van der Waals surface area contributed by atoms with Gasteiger partial charge in [0.1, 0.15) is 17.1 Å². The third-order valence-electron chi connectivity index (χ3n) is 3.77. The van der Waals surface area contributed by atoms with E-state index < -0.39 is 5.63 Å². The molecule has 0 saturated heterocycles. The highest BCUT2D eigenvalue weighted by Gasteiger charge is 2.19. The third-order valence-corrected chi connectivity index (χ3v) is 3.77. The van der Waals surface area contributed by atoms with Gasteiger partial charge in [0.15, 0.2) is 11.5 Å². The van der Waals surface area contributed by atoms with E-state index in [1.807, 2.05) is 0 Å². The van der Waals surface area contributed by atoms with Crippen molar-refractivity contribution in [2.75, 3.05) is 28.4 Å². The van der Waals surface area contributed by atoms with Crippen molar-refractivity contribution in [3.63, 3.8) is 0 Å². The van der Waals surface area contributed by atoms with Crippen LogP contribution in [0.15, 0.2) is 39.5 Å². The van der Waals surface area contributed by atoms with Crippen LogP contribution in [-0.4, -0.2) is 33.4 Å². The number of fused-ring (bicyclic) bond motifs is 1. The van der Waals surface area contributed by atoms with E-state index in [0.717, 1.165) is 0 Å². The highest BCUT2D eigenvalue weighted by atomic mass is 16.5. The molecule has 7 heteroatoms. The molecule has 3 rings (SSSR count). The van der Waals surface area contributed by atoms with Gasteiger partial charge in [-0.25, -0.2) is 9.78 Å². The average Bonchev–Trinajstić information content (AvgIpc) is 2.65. The molecular formula is C18H17NO6. The first kappa shape index (κ1) is 16.6. The Morgan fingerprint density at radius 3 is 1.96 bits per heavy atom. The number of hydrogen-bond donors (Lipinski definition) is 0. The molecule has 3 aromatic rings. The van der Waals surface area contributed by atoms with Gasteiger partial charge < -0.3 is 23.4 Å². The van der Waals surface area contributed by atoms with Crippen LogP contribution in [0.25, 0.3) is 22.4 Å². The van der Waals surface area contributed by atoms with Crippen molar-refractivity contribution >= 4 is 10.9 Å². The first-order valence-electron chi connectivity index (χ1n) is 7.41. The Kier molecular flexibility index (Phi) is 4.47. The topological polar surface area (TPSA) is 80.0 Å². The first-order chi connectivity index (χ1) is 12.1. The molecule has 0 radical (unpaired) electrons. The lowest BCUT2D eigenvalue weighted by molar-refractivity contribution is 0.355. The molecule has 0 aliphatic heterocycles. The summed E-state index contributed by atoms with van der Waals surface area (Å²) in [5.74, 6) is 1.95. The summed E-state index contributed by atoms with van der Waals surface area (Å²) in [5.41, 5.74) is 0.326. The zero-order chi connectivity index (χ0) is 18.0. The van der Waals surface area contributed by atoms with E-state index >= 15 is 0 Å². The van der Waals surface area contributed by atoms with Crippen molar-refractivity contribution in [2.45, 2.75) is 0 Å². The standard InChI is InChI=1S/C18H17NO6/c1-21-12-6-5-7-13(22-2)16(12)17-19-11-9-15(24-4)14(23-3)8-10(11)18(20)25-17/h5-9H,1-4H3. The molecule has 0 fully saturated rings. The van der Waals surface area contributed by atoms with Crippen molar-refractivity contribution in [2.24, 2.45) is 0 Å². The molecule has 1 heterocycles. The molecule has 0 saturated carbocycles. The van der Waals surface area contributed by atoms with E-state index in [9.17, 15) is 4.79 Å². The highest BCUT2D eigenvalue weighted by molar-refractivity contribution is 5.83. The fourth-order valence-corrected chi connectivity index (χ4v) is 2.57. The van der Waals surface area contributed by atoms with Gasteiger partial charge in [-0.15, -0.1) is 0 Å². The Balaban J connectivity index is 2.31. The zero-order valence-electron chi connectivity index (χ0n) is 14.3. The fourth-order valence-electron chi connectivity index (χ4n) is 2.57. The largest absolute Gasteiger partial charge is 0.496 e. The van der Waals surface area contributed by atoms with Crippen LogP contribution in [0, 0.1) is 0 Å². The van der Waals surface area contributed by atoms with E-state index in [4.69, 9.17) is 23.4 Å². The highest BCUT2D eigenvalue weighted by Crippen LogP contribution is 2.38. The zero-order valence-corrected chi connectivity index (χ0v) is 14.3. The molecule has 0 unspecified atom stereocenters. The van der Waals surface area contributed by atoms with Crippen molar-refractivity contribution < 1.29 is 23.4 Å². The van der Waals surface area contributed by atoms with Crippen molar-refractivity contribution in [3.05, 3.63) is 40.8 Å². The van der Waals surface area contributed by atoms with E-state index in [0.29, 0.717) is 34.1 Å². The average molecular weight is 343 g/mol. The smallest absolute Gasteiger partial charge is 0.347 e. The number of hydrogen-bond acceptors (Lipinski definition) is 7. The summed E-state index contributed by atoms with van der Waals surface area (Å²) < 4.78 is 26.6. The Hall–Kier alpha value is -3.22. The van der Waals surface area contributed by atoms with Crippen LogP contribution in [0.1, 0.15) is 0 Å². The molecule has 0 bridgehead atoms. The molecule has 25 heavy (non-hydrogen) atoms. The van der Waals surface area contributed by atoms with Crippen molar-refractivity contribution in [1.82, 2.24) is 4.98 Å². The predicted octanol–water partition coefficient (Wildman–Crippen LogP) is 2.89. The van der Waals surface area contributed by atoms with Gasteiger partial charge in [0.2, 0.25) is 5.89 Å². The number of nitrogens with zero attached hydrogens (tertiary/aromatic N) is 1. The normalized spacial score (nSPS) is 10.6. The Bertz CT molecular complexity index is 957. The molecular weight excluding hydrogens is 326 g/mol. The summed E-state index contributed by atoms with van der Waals surface area (Å²) >= 11 is 0. The van der Waals surface area contributed by atoms with E-state index in [1.54, 1.807) is 24.3 Å². The second kappa shape index (κ2) is 6.72. The fraction of sp³-hybridized carbons (Fsp3) is 0.222. The van der Waals surface area contributed by atoms with Crippen molar-refractivity contribution in [3.8, 4) is 34.5 Å². The lowest BCUT2D eigenvalue weighted by Gasteiger charge is -2.12. The van der Waals surface area contributed by atoms with Crippen LogP contribution in [-0.2, 0) is 0 Å². The second-order valence-corrected chi connectivity index (χ2v) is 5.07. The molecule has 0 spiro atoms. The van der Waals surface area contributed by atoms with E-state index in [-0.39, 0.29) is 11.3 Å². The van der Waals surface area contributed by atoms with Crippen LogP contribution >= 0.6 is 0 Å². The summed E-state index contributed by atoms with van der Waals surface area (Å²) in [6, 6.07) is 8.40. The summed E-state index contributed by atoms with van der Waals surface area (Å²) in [6.45, 7) is 0. The van der Waals surface area contributed by atoms with Gasteiger partial charge in [-0.1, -0.05) is 6.07 Å². The third kappa shape index (κ3) is 2.84. The number of rotatable bonds is 5. The molecule has 0 atom stereocenters. The molecule has 0 aliphatic carbocycles. The molecule has 7 nitrogen and oxygen atoms in total. The van der Waals surface area contributed by atoms with Gasteiger partial charge in [0.25, 0.3) is 0 Å². The Labute approximate surface area is 143 Å². The Morgan fingerprint density at radius 1 is 0.840 bits per heavy atom. The maximum absolute atomic E-state index is 12.5. The second-order valence-electron chi connectivity index (χ2n) is 5.07. The monoisotopic (exact) mass is 343 g/mol. The molecule has 0 aliphatic rings. The molecule has 0 amide bonds. The minimum atomic E-state index is -0.547. The summed E-state index contributed by atoms with van der Waals surface area (Å²) in [6.07, 6.45) is 0. The van der Waals surface area contributed by atoms with Gasteiger partial charge in [-0.3, -0.25) is 0 Å². The molecule has 2 aromatic carbocycles. The Morgan fingerprint density at radius 2 is 1.40 bits per heavy atom. The molecule has 0 N–H and O–H groups in total. The van der Waals surface area contributed by atoms with Gasteiger partial charge in [-0.05, 0) is 12.1 Å². The minimum Gasteiger partial charge on any atom is -0.496 e. The quantitative estimate of drug-likeness (QED) is 0.704. The predicted molar refractivity (Wildman–Crippen MR) is 91.9 cm³/mol. The summed E-state index contributed by atoms with van der Waals surface area (Å²) in [5, 5.41) is 0.287. The number of ether oxygens (including phenoxy) is 4. The lowest BCUT2D eigenvalue weighted by atomic mass is 10.1. The number of methoxy groups -OCH3 is 4. The van der Waals surface area contributed by atoms with Crippen LogP contribution in [0.5, 0.6) is 23.0 Å². The lowest BCUT2D eigenvalue weighted by Crippen LogP contribution is -2.05. The van der Waals surface area contributed by atoms with Crippen molar-refractivity contribution in [1.29, 1.82) is 0 Å². The number of benzene rings is 2. The van der Waals surface area contributed by atoms with Crippen LogP contribution in [0.2, 0.25) is 0 Å². The molecule has 130 valence electrons. The van der Waals surface area contributed by atoms with Gasteiger partial charge >= 0.3 is 5.63 Å². The van der Waals surface area contributed by atoms with Crippen LogP contribution in [0.3, 0.4) is 0 Å². The first-order valence-corrected chi connectivity index (χ1v) is 7.41. The maximum Gasteiger partial charge on any atom is 0.347 e. The van der Waals surface area contributed by atoms with E-state index in [2.05, 4.69) is 4.98 Å². The van der Waals surface area contributed by atoms with Crippen LogP contribution in [0.4, 0.5) is 0 Å². The number of aromatic nitrogens is 1. The SMILES string of the molecule is COc1cc2nc(-c3c(OC)cccc3OC)oc(=O)c2cc1OC. The van der Waals surface area contributed by atoms with Gasteiger partial charge in [0.05, 0.1) is 39.3 Å².